The lowest BCUT2D eigenvalue weighted by Gasteiger charge is -2.27. The Balaban J connectivity index is 0.000000426. The normalized spacial score (nSPS) is 13.4. The van der Waals surface area contributed by atoms with Crippen LogP contribution in [0.1, 0.15) is 5.82 Å². The van der Waals surface area contributed by atoms with E-state index in [0.29, 0.717) is 5.95 Å². The van der Waals surface area contributed by atoms with Crippen molar-refractivity contribution in [3.8, 4) is 16.9 Å². The summed E-state index contributed by atoms with van der Waals surface area (Å²) in [7, 11) is 0. The molecule has 2 N–H and O–H groups in total. The van der Waals surface area contributed by atoms with Crippen molar-refractivity contribution in [2.24, 2.45) is 0 Å². The molecule has 5 rings (SSSR count). The monoisotopic (exact) mass is 528 g/mol. The van der Waals surface area contributed by atoms with Crippen LogP contribution in [0.3, 0.4) is 0 Å². The van der Waals surface area contributed by atoms with E-state index >= 15 is 0 Å². The van der Waals surface area contributed by atoms with Crippen molar-refractivity contribution in [3.63, 3.8) is 0 Å². The minimum Gasteiger partial charge on any atom is -0.475 e. The number of aliphatic carboxylic acids is 1. The summed E-state index contributed by atoms with van der Waals surface area (Å²) < 4.78 is 38.9. The summed E-state index contributed by atoms with van der Waals surface area (Å²) in [6.07, 6.45) is 0.210. The smallest absolute Gasteiger partial charge is 0.475 e. The van der Waals surface area contributed by atoms with Gasteiger partial charge in [0.2, 0.25) is 5.95 Å². The molecule has 4 aromatic rings. The summed E-state index contributed by atoms with van der Waals surface area (Å²) in [6, 6.07) is 13.8. The van der Waals surface area contributed by atoms with Gasteiger partial charge in [-0.2, -0.15) is 18.3 Å². The molecule has 0 radical (unpaired) electrons. The van der Waals surface area contributed by atoms with E-state index in [2.05, 4.69) is 35.3 Å². The Morgan fingerprint density at radius 3 is 2.32 bits per heavy atom. The highest BCUT2D eigenvalue weighted by Gasteiger charge is 2.38. The second-order valence-corrected chi connectivity index (χ2v) is 7.98. The first-order valence-corrected chi connectivity index (χ1v) is 11.4. The molecule has 0 aliphatic carbocycles. The van der Waals surface area contributed by atoms with E-state index in [1.165, 1.54) is 0 Å². The fourth-order valence-electron chi connectivity index (χ4n) is 3.39. The van der Waals surface area contributed by atoms with E-state index in [-0.39, 0.29) is 0 Å². The zero-order valence-electron chi connectivity index (χ0n) is 20.1. The number of ether oxygens (including phenoxy) is 1. The van der Waals surface area contributed by atoms with Crippen LogP contribution in [0.4, 0.5) is 30.6 Å². The molecule has 0 amide bonds. The van der Waals surface area contributed by atoms with Crippen molar-refractivity contribution >= 4 is 23.4 Å². The average molecular weight is 528 g/mol. The second-order valence-electron chi connectivity index (χ2n) is 7.98. The van der Waals surface area contributed by atoms with Crippen molar-refractivity contribution < 1.29 is 27.8 Å². The minimum absolute atomic E-state index is 0.527. The number of anilines is 3. The van der Waals surface area contributed by atoms with E-state index in [0.717, 1.165) is 60.6 Å². The summed E-state index contributed by atoms with van der Waals surface area (Å²) in [5.74, 6) is -0.534. The summed E-state index contributed by atoms with van der Waals surface area (Å²) in [5.41, 5.74) is 3.58. The van der Waals surface area contributed by atoms with Gasteiger partial charge >= 0.3 is 12.1 Å². The first-order chi connectivity index (χ1) is 18.2. The Morgan fingerprint density at radius 1 is 1.03 bits per heavy atom. The lowest BCUT2D eigenvalue weighted by molar-refractivity contribution is -0.192. The number of alkyl halides is 3. The lowest BCUT2D eigenvalue weighted by atomic mass is 10.2. The number of nitrogens with zero attached hydrogens (tertiary/aromatic N) is 7. The van der Waals surface area contributed by atoms with E-state index in [4.69, 9.17) is 14.6 Å². The number of carboxylic acid groups (broad SMARTS) is 1. The molecule has 0 atom stereocenters. The number of hydrogen-bond acceptors (Lipinski definition) is 9. The highest BCUT2D eigenvalue weighted by Crippen LogP contribution is 2.22. The average Bonchev–Trinajstić information content (AvgIpc) is 3.36. The molecule has 1 saturated heterocycles. The highest BCUT2D eigenvalue weighted by atomic mass is 19.4. The molecule has 0 saturated carbocycles. The van der Waals surface area contributed by atoms with Crippen molar-refractivity contribution in [1.82, 2.24) is 29.7 Å². The molecular formula is C24H23F3N8O3. The number of carbonyl (C=O) groups is 1. The first-order valence-electron chi connectivity index (χ1n) is 11.4. The van der Waals surface area contributed by atoms with Crippen LogP contribution in [0.5, 0.6) is 0 Å². The largest absolute Gasteiger partial charge is 0.490 e. The number of carboxylic acids is 1. The van der Waals surface area contributed by atoms with Gasteiger partial charge in [0, 0.05) is 36.7 Å². The molecule has 198 valence electrons. The summed E-state index contributed by atoms with van der Waals surface area (Å²) >= 11 is 0. The minimum atomic E-state index is -5.08. The maximum Gasteiger partial charge on any atom is 0.490 e. The van der Waals surface area contributed by atoms with Crippen LogP contribution in [0.25, 0.3) is 16.9 Å². The van der Waals surface area contributed by atoms with Crippen molar-refractivity contribution in [2.75, 3.05) is 36.5 Å². The quantitative estimate of drug-likeness (QED) is 0.396. The molecule has 0 unspecified atom stereocenters. The van der Waals surface area contributed by atoms with E-state index in [1.54, 1.807) is 17.2 Å². The van der Waals surface area contributed by atoms with Gasteiger partial charge in [-0.05, 0) is 49.4 Å². The Labute approximate surface area is 215 Å². The van der Waals surface area contributed by atoms with E-state index in [1.807, 2.05) is 55.6 Å². The lowest BCUT2D eigenvalue weighted by Crippen LogP contribution is -2.36. The summed E-state index contributed by atoms with van der Waals surface area (Å²) in [5, 5.41) is 14.7. The van der Waals surface area contributed by atoms with Gasteiger partial charge in [-0.1, -0.05) is 0 Å². The Kier molecular flexibility index (Phi) is 8.11. The fraction of sp³-hybridized carbons (Fsp3) is 0.250. The molecular weight excluding hydrogens is 505 g/mol. The van der Waals surface area contributed by atoms with Gasteiger partial charge in [-0.25, -0.2) is 29.4 Å². The number of halogens is 3. The Morgan fingerprint density at radius 2 is 1.74 bits per heavy atom. The maximum atomic E-state index is 10.6. The van der Waals surface area contributed by atoms with Crippen LogP contribution in [-0.4, -0.2) is 73.3 Å². The Hall–Kier alpha value is -4.59. The van der Waals surface area contributed by atoms with Crippen molar-refractivity contribution in [3.05, 3.63) is 67.0 Å². The molecule has 1 aliphatic rings. The molecule has 0 spiro atoms. The van der Waals surface area contributed by atoms with Gasteiger partial charge in [0.1, 0.15) is 18.0 Å². The van der Waals surface area contributed by atoms with E-state index < -0.39 is 12.1 Å². The third kappa shape index (κ3) is 7.00. The van der Waals surface area contributed by atoms with Crippen LogP contribution in [0.15, 0.2) is 61.2 Å². The molecule has 11 nitrogen and oxygen atoms in total. The predicted molar refractivity (Wildman–Crippen MR) is 131 cm³/mol. The maximum absolute atomic E-state index is 10.6. The molecule has 14 heteroatoms. The van der Waals surface area contributed by atoms with Gasteiger partial charge < -0.3 is 20.1 Å². The topological polar surface area (TPSA) is 131 Å². The number of nitrogens with one attached hydrogen (secondary N) is 1. The Bertz CT molecular complexity index is 1360. The molecule has 1 aromatic carbocycles. The number of hydrogen-bond donors (Lipinski definition) is 2. The second kappa shape index (κ2) is 11.6. The molecule has 1 fully saturated rings. The van der Waals surface area contributed by atoms with Crippen LogP contribution >= 0.6 is 0 Å². The number of aryl methyl sites for hydroxylation is 1. The third-order valence-corrected chi connectivity index (χ3v) is 5.27. The van der Waals surface area contributed by atoms with Crippen LogP contribution < -0.4 is 10.2 Å². The SMILES string of the molecule is Cc1ncn(-c2ccc(Nc3nccc(-c4ccc(N5CCOCC5)nc4)n3)cc2)n1.O=C(O)C(F)(F)F. The summed E-state index contributed by atoms with van der Waals surface area (Å²) in [6.45, 7) is 5.07. The number of rotatable bonds is 5. The molecule has 38 heavy (non-hydrogen) atoms. The van der Waals surface area contributed by atoms with Crippen molar-refractivity contribution in [2.45, 2.75) is 13.1 Å². The van der Waals surface area contributed by atoms with Gasteiger partial charge in [0.15, 0.2) is 0 Å². The molecule has 0 bridgehead atoms. The van der Waals surface area contributed by atoms with Crippen LogP contribution in [0, 0.1) is 6.92 Å². The summed E-state index contributed by atoms with van der Waals surface area (Å²) in [4.78, 5) is 28.9. The molecule has 1 aliphatic heterocycles. The third-order valence-electron chi connectivity index (χ3n) is 5.27. The highest BCUT2D eigenvalue weighted by molar-refractivity contribution is 5.73. The number of pyridine rings is 1. The number of aromatic nitrogens is 6. The number of benzene rings is 1. The molecule has 3 aromatic heterocycles. The van der Waals surface area contributed by atoms with E-state index in [9.17, 15) is 13.2 Å². The van der Waals surface area contributed by atoms with Gasteiger partial charge in [-0.3, -0.25) is 0 Å². The van der Waals surface area contributed by atoms with Crippen LogP contribution in [0.2, 0.25) is 0 Å². The van der Waals surface area contributed by atoms with Gasteiger partial charge in [0.25, 0.3) is 0 Å². The standard InChI is InChI=1S/C22H22N8O.C2HF3O2/c1-16-25-15-30(28-16)19-5-3-18(4-6-19)26-22-23-9-8-20(27-22)17-2-7-21(24-14-17)29-10-12-31-13-11-29;3-2(4,5)1(6)7/h2-9,14-15H,10-13H2,1H3,(H,23,26,27);(H,6,7). The number of morpholine rings is 1. The fourth-order valence-corrected chi connectivity index (χ4v) is 3.39. The first kappa shape index (κ1) is 26.5. The molecule has 4 heterocycles. The zero-order chi connectivity index (χ0) is 27.1. The van der Waals surface area contributed by atoms with Crippen molar-refractivity contribution in [1.29, 1.82) is 0 Å². The predicted octanol–water partition coefficient (Wildman–Crippen LogP) is 3.64. The van der Waals surface area contributed by atoms with Crippen LogP contribution in [-0.2, 0) is 9.53 Å². The zero-order valence-corrected chi connectivity index (χ0v) is 20.1. The van der Waals surface area contributed by atoms with Gasteiger partial charge in [0.05, 0.1) is 24.6 Å². The van der Waals surface area contributed by atoms with Gasteiger partial charge in [-0.15, -0.1) is 0 Å².